The van der Waals surface area contributed by atoms with Crippen LogP contribution in [0.25, 0.3) is 0 Å². The Morgan fingerprint density at radius 1 is 1.31 bits per heavy atom. The van der Waals surface area contributed by atoms with Crippen molar-refractivity contribution >= 4 is 0 Å². The summed E-state index contributed by atoms with van der Waals surface area (Å²) in [5, 5.41) is 13.0. The molecule has 0 heterocycles. The second-order valence-corrected chi connectivity index (χ2v) is 6.45. The van der Waals surface area contributed by atoms with E-state index in [-0.39, 0.29) is 6.10 Å². The van der Waals surface area contributed by atoms with Crippen molar-refractivity contribution in [1.29, 1.82) is 0 Å². The fourth-order valence-corrected chi connectivity index (χ4v) is 4.01. The fraction of sp³-hybridized carbons (Fsp3) is 1.00. The predicted molar refractivity (Wildman–Crippen MR) is 67.3 cm³/mol. The van der Waals surface area contributed by atoms with Crippen LogP contribution in [0, 0.1) is 17.3 Å². The van der Waals surface area contributed by atoms with Crippen LogP contribution in [0.3, 0.4) is 0 Å². The molecule has 0 amide bonds. The molecule has 2 aliphatic rings. The summed E-state index contributed by atoms with van der Waals surface area (Å²) in [6.45, 7) is 7.67. The zero-order valence-corrected chi connectivity index (χ0v) is 11.0. The van der Waals surface area contributed by atoms with Gasteiger partial charge in [-0.2, -0.15) is 0 Å². The molecule has 16 heavy (non-hydrogen) atoms. The molecular weight excluding hydrogens is 198 g/mol. The van der Waals surface area contributed by atoms with Gasteiger partial charge in [0.15, 0.2) is 0 Å². The normalized spacial score (nSPS) is 38.6. The number of hydrogen-bond donors (Lipinski definition) is 2. The quantitative estimate of drug-likeness (QED) is 0.770. The molecule has 4 atom stereocenters. The van der Waals surface area contributed by atoms with E-state index in [4.69, 9.17) is 0 Å². The smallest absolute Gasteiger partial charge is 0.0524 e. The Kier molecular flexibility index (Phi) is 3.60. The molecule has 0 bridgehead atoms. The van der Waals surface area contributed by atoms with Crippen molar-refractivity contribution in [2.45, 2.75) is 65.0 Å². The zero-order chi connectivity index (χ0) is 11.8. The molecule has 2 N–H and O–H groups in total. The zero-order valence-electron chi connectivity index (χ0n) is 11.0. The molecule has 2 fully saturated rings. The van der Waals surface area contributed by atoms with E-state index in [0.717, 1.165) is 24.8 Å². The van der Waals surface area contributed by atoms with Crippen LogP contribution in [0.2, 0.25) is 0 Å². The van der Waals surface area contributed by atoms with Crippen molar-refractivity contribution in [1.82, 2.24) is 5.32 Å². The van der Waals surface area contributed by atoms with Crippen LogP contribution in [0.5, 0.6) is 0 Å². The van der Waals surface area contributed by atoms with Crippen LogP contribution in [0.4, 0.5) is 0 Å². The molecule has 2 heteroatoms. The van der Waals surface area contributed by atoms with Gasteiger partial charge in [-0.15, -0.1) is 0 Å². The van der Waals surface area contributed by atoms with E-state index in [2.05, 4.69) is 19.2 Å². The first-order valence-corrected chi connectivity index (χ1v) is 6.95. The van der Waals surface area contributed by atoms with E-state index in [9.17, 15) is 5.11 Å². The minimum Gasteiger partial charge on any atom is -0.393 e. The van der Waals surface area contributed by atoms with Crippen molar-refractivity contribution in [2.75, 3.05) is 6.54 Å². The van der Waals surface area contributed by atoms with Gasteiger partial charge in [0.25, 0.3) is 0 Å². The van der Waals surface area contributed by atoms with Crippen LogP contribution in [-0.4, -0.2) is 23.8 Å². The van der Waals surface area contributed by atoms with Crippen LogP contribution in [0.1, 0.15) is 52.9 Å². The summed E-state index contributed by atoms with van der Waals surface area (Å²) in [6.07, 6.45) is 6.42. The van der Waals surface area contributed by atoms with Crippen LogP contribution < -0.4 is 5.32 Å². The predicted octanol–water partition coefficient (Wildman–Crippen LogP) is 2.56. The second-order valence-electron chi connectivity index (χ2n) is 6.45. The molecule has 0 aromatic carbocycles. The average molecular weight is 225 g/mol. The number of fused-ring (bicyclic) bond motifs is 1. The van der Waals surface area contributed by atoms with Crippen LogP contribution >= 0.6 is 0 Å². The van der Waals surface area contributed by atoms with Gasteiger partial charge in [0.2, 0.25) is 0 Å². The minimum atomic E-state index is -0.169. The summed E-state index contributed by atoms with van der Waals surface area (Å²) in [6, 6.07) is 0.691. The van der Waals surface area contributed by atoms with Crippen molar-refractivity contribution in [3.05, 3.63) is 0 Å². The summed E-state index contributed by atoms with van der Waals surface area (Å²) in [4.78, 5) is 0. The van der Waals surface area contributed by atoms with Gasteiger partial charge in [-0.25, -0.2) is 0 Å². The average Bonchev–Trinajstić information content (AvgIpc) is 2.24. The molecule has 0 spiro atoms. The lowest BCUT2D eigenvalue weighted by molar-refractivity contribution is -0.0879. The molecule has 2 rings (SSSR count). The van der Waals surface area contributed by atoms with E-state index in [1.165, 1.54) is 25.7 Å². The Hall–Kier alpha value is -0.0800. The Labute approximate surface area is 99.8 Å². The number of aliphatic hydroxyl groups is 1. The molecule has 0 unspecified atom stereocenters. The van der Waals surface area contributed by atoms with E-state index in [0.29, 0.717) is 11.5 Å². The SMILES string of the molecule is C[C@H](O)CCN[C@@H]1[C@@H]2CCCC[C@@H]2C1(C)C. The highest BCUT2D eigenvalue weighted by Gasteiger charge is 2.55. The highest BCUT2D eigenvalue weighted by Crippen LogP contribution is 2.57. The lowest BCUT2D eigenvalue weighted by atomic mass is 9.48. The third-order valence-electron chi connectivity index (χ3n) is 4.93. The van der Waals surface area contributed by atoms with Crippen molar-refractivity contribution in [3.8, 4) is 0 Å². The number of hydrogen-bond acceptors (Lipinski definition) is 2. The summed E-state index contributed by atoms with van der Waals surface area (Å²) < 4.78 is 0. The summed E-state index contributed by atoms with van der Waals surface area (Å²) in [5.74, 6) is 1.86. The molecule has 2 aliphatic carbocycles. The van der Waals surface area contributed by atoms with Gasteiger partial charge in [0, 0.05) is 6.04 Å². The monoisotopic (exact) mass is 225 g/mol. The molecule has 2 nitrogen and oxygen atoms in total. The standard InChI is InChI=1S/C14H27NO/c1-10(16)8-9-15-13-11-6-4-5-7-12(11)14(13,2)3/h10-13,15-16H,4-9H2,1-3H3/t10-,11+,12-,13+/m0/s1. The highest BCUT2D eigenvalue weighted by molar-refractivity contribution is 5.08. The van der Waals surface area contributed by atoms with Crippen molar-refractivity contribution in [3.63, 3.8) is 0 Å². The van der Waals surface area contributed by atoms with Gasteiger partial charge >= 0.3 is 0 Å². The third kappa shape index (κ3) is 2.14. The van der Waals surface area contributed by atoms with E-state index >= 15 is 0 Å². The Balaban J connectivity index is 1.84. The van der Waals surface area contributed by atoms with Crippen molar-refractivity contribution < 1.29 is 5.11 Å². The first-order chi connectivity index (χ1) is 7.53. The van der Waals surface area contributed by atoms with Gasteiger partial charge < -0.3 is 10.4 Å². The Morgan fingerprint density at radius 2 is 2.00 bits per heavy atom. The summed E-state index contributed by atoms with van der Waals surface area (Å²) >= 11 is 0. The second kappa shape index (κ2) is 4.66. The van der Waals surface area contributed by atoms with Gasteiger partial charge in [0.05, 0.1) is 6.10 Å². The lowest BCUT2D eigenvalue weighted by Crippen LogP contribution is -2.65. The molecule has 2 saturated carbocycles. The van der Waals surface area contributed by atoms with Gasteiger partial charge in [-0.3, -0.25) is 0 Å². The maximum absolute atomic E-state index is 9.28. The first kappa shape index (κ1) is 12.4. The molecule has 0 aliphatic heterocycles. The highest BCUT2D eigenvalue weighted by atomic mass is 16.3. The molecule has 0 radical (unpaired) electrons. The molecule has 0 aromatic rings. The lowest BCUT2D eigenvalue weighted by Gasteiger charge is -2.61. The maximum Gasteiger partial charge on any atom is 0.0524 e. The molecule has 94 valence electrons. The van der Waals surface area contributed by atoms with Gasteiger partial charge in [-0.05, 0) is 50.0 Å². The van der Waals surface area contributed by atoms with Crippen LogP contribution in [-0.2, 0) is 0 Å². The van der Waals surface area contributed by atoms with E-state index in [1.54, 1.807) is 0 Å². The van der Waals surface area contributed by atoms with Crippen LogP contribution in [0.15, 0.2) is 0 Å². The van der Waals surface area contributed by atoms with Gasteiger partial charge in [0.1, 0.15) is 0 Å². The largest absolute Gasteiger partial charge is 0.393 e. The summed E-state index contributed by atoms with van der Waals surface area (Å²) in [5.41, 5.74) is 0.476. The topological polar surface area (TPSA) is 32.3 Å². The molecule has 0 aromatic heterocycles. The Morgan fingerprint density at radius 3 is 2.69 bits per heavy atom. The maximum atomic E-state index is 9.28. The third-order valence-corrected chi connectivity index (χ3v) is 4.93. The van der Waals surface area contributed by atoms with Gasteiger partial charge in [-0.1, -0.05) is 26.7 Å². The fourth-order valence-electron chi connectivity index (χ4n) is 4.01. The molecular formula is C14H27NO. The minimum absolute atomic E-state index is 0.169. The van der Waals surface area contributed by atoms with Crippen molar-refractivity contribution in [2.24, 2.45) is 17.3 Å². The first-order valence-electron chi connectivity index (χ1n) is 6.95. The summed E-state index contributed by atoms with van der Waals surface area (Å²) in [7, 11) is 0. The van der Waals surface area contributed by atoms with E-state index in [1.807, 2.05) is 6.92 Å². The molecule has 0 saturated heterocycles. The number of nitrogens with one attached hydrogen (secondary N) is 1. The number of aliphatic hydroxyl groups excluding tert-OH is 1. The number of rotatable bonds is 4. The van der Waals surface area contributed by atoms with E-state index < -0.39 is 0 Å². The Bertz CT molecular complexity index is 237.